The summed E-state index contributed by atoms with van der Waals surface area (Å²) in [5, 5.41) is 12.6. The van der Waals surface area contributed by atoms with E-state index in [2.05, 4.69) is 20.9 Å². The summed E-state index contributed by atoms with van der Waals surface area (Å²) in [4.78, 5) is 18.3. The summed E-state index contributed by atoms with van der Waals surface area (Å²) < 4.78 is 2.19. The van der Waals surface area contributed by atoms with Crippen molar-refractivity contribution < 1.29 is 9.90 Å². The highest BCUT2D eigenvalue weighted by Crippen LogP contribution is 2.15. The van der Waals surface area contributed by atoms with Crippen molar-refractivity contribution in [1.82, 2.24) is 19.8 Å². The number of carbonyl (C=O) groups is 1. The first-order chi connectivity index (χ1) is 11.1. The van der Waals surface area contributed by atoms with E-state index in [4.69, 9.17) is 0 Å². The first-order valence-corrected chi connectivity index (χ1v) is 8.28. The van der Waals surface area contributed by atoms with Crippen LogP contribution in [0, 0.1) is 6.92 Å². The maximum Gasteiger partial charge on any atom is 0.317 e. The van der Waals surface area contributed by atoms with E-state index in [1.165, 1.54) is 0 Å². The summed E-state index contributed by atoms with van der Waals surface area (Å²) >= 11 is 0. The normalized spacial score (nSPS) is 18.3. The first kappa shape index (κ1) is 15.8. The van der Waals surface area contributed by atoms with Gasteiger partial charge in [-0.3, -0.25) is 0 Å². The SMILES string of the molecule is Cc1nc2ccccc2n1CCCNC(=O)N1CCCC(O)C1. The molecule has 6 nitrogen and oxygen atoms in total. The van der Waals surface area contributed by atoms with Crippen LogP contribution in [0.1, 0.15) is 25.1 Å². The van der Waals surface area contributed by atoms with Crippen molar-refractivity contribution in [3.05, 3.63) is 30.1 Å². The summed E-state index contributed by atoms with van der Waals surface area (Å²) in [7, 11) is 0. The number of benzene rings is 1. The Balaban J connectivity index is 1.49. The van der Waals surface area contributed by atoms with E-state index >= 15 is 0 Å². The number of aliphatic hydroxyl groups excluding tert-OH is 1. The van der Waals surface area contributed by atoms with Crippen LogP contribution in [0.5, 0.6) is 0 Å². The van der Waals surface area contributed by atoms with Crippen LogP contribution in [0.3, 0.4) is 0 Å². The molecule has 1 atom stereocenters. The molecule has 124 valence electrons. The van der Waals surface area contributed by atoms with Crippen LogP contribution in [0.25, 0.3) is 11.0 Å². The second-order valence-electron chi connectivity index (χ2n) is 6.13. The minimum absolute atomic E-state index is 0.0732. The standard InChI is InChI=1S/C17H24N4O2/c1-13-19-15-7-2-3-8-16(15)21(13)11-5-9-18-17(23)20-10-4-6-14(22)12-20/h2-3,7-8,14,22H,4-6,9-12H2,1H3,(H,18,23). The Morgan fingerprint density at radius 3 is 3.09 bits per heavy atom. The van der Waals surface area contributed by atoms with Gasteiger partial charge in [-0.1, -0.05) is 12.1 Å². The van der Waals surface area contributed by atoms with E-state index in [9.17, 15) is 9.90 Å². The summed E-state index contributed by atoms with van der Waals surface area (Å²) in [6.07, 6.45) is 2.13. The second-order valence-corrected chi connectivity index (χ2v) is 6.13. The highest BCUT2D eigenvalue weighted by Gasteiger charge is 2.21. The minimum Gasteiger partial charge on any atom is -0.391 e. The van der Waals surface area contributed by atoms with E-state index < -0.39 is 0 Å². The predicted octanol–water partition coefficient (Wildman–Crippen LogP) is 1.90. The number of β-amino-alcohol motifs (C(OH)–C–C–N with tert-alkyl or cyclic N) is 1. The smallest absolute Gasteiger partial charge is 0.317 e. The molecule has 23 heavy (non-hydrogen) atoms. The molecular formula is C17H24N4O2. The zero-order valence-corrected chi connectivity index (χ0v) is 13.5. The molecule has 2 aromatic rings. The van der Waals surface area contributed by atoms with Crippen LogP contribution in [0.15, 0.2) is 24.3 Å². The lowest BCUT2D eigenvalue weighted by Gasteiger charge is -2.30. The fourth-order valence-corrected chi connectivity index (χ4v) is 3.16. The van der Waals surface area contributed by atoms with Gasteiger partial charge in [-0.25, -0.2) is 9.78 Å². The van der Waals surface area contributed by atoms with Gasteiger partial charge >= 0.3 is 6.03 Å². The van der Waals surface area contributed by atoms with Crippen LogP contribution < -0.4 is 5.32 Å². The third-order valence-electron chi connectivity index (χ3n) is 4.36. The lowest BCUT2D eigenvalue weighted by Crippen LogP contribution is -2.47. The lowest BCUT2D eigenvalue weighted by molar-refractivity contribution is 0.0843. The largest absolute Gasteiger partial charge is 0.391 e. The molecule has 1 aliphatic heterocycles. The summed E-state index contributed by atoms with van der Waals surface area (Å²) in [5.74, 6) is 0.997. The molecule has 2 amide bonds. The molecule has 1 aliphatic rings. The number of imidazole rings is 1. The molecule has 0 aliphatic carbocycles. The van der Waals surface area contributed by atoms with Crippen molar-refractivity contribution in [3.63, 3.8) is 0 Å². The Bertz CT molecular complexity index is 682. The van der Waals surface area contributed by atoms with Crippen molar-refractivity contribution in [1.29, 1.82) is 0 Å². The fourth-order valence-electron chi connectivity index (χ4n) is 3.16. The van der Waals surface area contributed by atoms with Gasteiger partial charge in [0.05, 0.1) is 17.1 Å². The molecule has 0 bridgehead atoms. The Labute approximate surface area is 136 Å². The van der Waals surface area contributed by atoms with Gasteiger partial charge in [0, 0.05) is 26.2 Å². The number of likely N-dealkylation sites (tertiary alicyclic amines) is 1. The third kappa shape index (κ3) is 3.64. The monoisotopic (exact) mass is 316 g/mol. The Morgan fingerprint density at radius 2 is 2.26 bits per heavy atom. The molecule has 3 rings (SSSR count). The number of hydrogen-bond acceptors (Lipinski definition) is 3. The molecule has 2 N–H and O–H groups in total. The highest BCUT2D eigenvalue weighted by molar-refractivity contribution is 5.76. The van der Waals surface area contributed by atoms with Gasteiger partial charge in [-0.05, 0) is 38.3 Å². The number of para-hydroxylation sites is 2. The molecule has 0 saturated carbocycles. The number of piperidine rings is 1. The van der Waals surface area contributed by atoms with Gasteiger partial charge in [-0.2, -0.15) is 0 Å². The average molecular weight is 316 g/mol. The molecule has 1 fully saturated rings. The van der Waals surface area contributed by atoms with Gasteiger partial charge in [0.15, 0.2) is 0 Å². The molecule has 1 aromatic carbocycles. The highest BCUT2D eigenvalue weighted by atomic mass is 16.3. The number of aliphatic hydroxyl groups is 1. The first-order valence-electron chi connectivity index (χ1n) is 8.28. The maximum atomic E-state index is 12.1. The quantitative estimate of drug-likeness (QED) is 0.846. The Hall–Kier alpha value is -2.08. The van der Waals surface area contributed by atoms with E-state index in [0.29, 0.717) is 13.1 Å². The van der Waals surface area contributed by atoms with Crippen molar-refractivity contribution in [3.8, 4) is 0 Å². The van der Waals surface area contributed by atoms with Crippen molar-refractivity contribution in [2.75, 3.05) is 19.6 Å². The van der Waals surface area contributed by atoms with Crippen molar-refractivity contribution in [2.24, 2.45) is 0 Å². The van der Waals surface area contributed by atoms with Crippen molar-refractivity contribution >= 4 is 17.1 Å². The van der Waals surface area contributed by atoms with Crippen molar-refractivity contribution in [2.45, 2.75) is 38.8 Å². The fraction of sp³-hybridized carbons (Fsp3) is 0.529. The third-order valence-corrected chi connectivity index (χ3v) is 4.36. The second kappa shape index (κ2) is 7.00. The number of nitrogens with zero attached hydrogens (tertiary/aromatic N) is 3. The Kier molecular flexibility index (Phi) is 4.81. The number of aryl methyl sites for hydroxylation is 2. The zero-order valence-electron chi connectivity index (χ0n) is 13.5. The molecule has 0 spiro atoms. The topological polar surface area (TPSA) is 70.4 Å². The number of fused-ring (bicyclic) bond motifs is 1. The number of urea groups is 1. The van der Waals surface area contributed by atoms with Crippen LogP contribution in [-0.2, 0) is 6.54 Å². The number of carbonyl (C=O) groups excluding carboxylic acids is 1. The molecule has 1 aromatic heterocycles. The van der Waals surface area contributed by atoms with Crippen LogP contribution in [0.2, 0.25) is 0 Å². The number of aromatic nitrogens is 2. The lowest BCUT2D eigenvalue weighted by atomic mass is 10.1. The van der Waals surface area contributed by atoms with E-state index in [0.717, 1.165) is 49.2 Å². The number of rotatable bonds is 4. The molecule has 1 saturated heterocycles. The van der Waals surface area contributed by atoms with E-state index in [-0.39, 0.29) is 12.1 Å². The Morgan fingerprint density at radius 1 is 1.43 bits per heavy atom. The maximum absolute atomic E-state index is 12.1. The molecule has 1 unspecified atom stereocenters. The molecular weight excluding hydrogens is 292 g/mol. The van der Waals surface area contributed by atoms with Crippen LogP contribution in [-0.4, -0.2) is 51.3 Å². The number of hydrogen-bond donors (Lipinski definition) is 2. The van der Waals surface area contributed by atoms with Crippen LogP contribution in [0.4, 0.5) is 4.79 Å². The van der Waals surface area contributed by atoms with Gasteiger partial charge in [0.2, 0.25) is 0 Å². The minimum atomic E-state index is -0.380. The molecule has 2 heterocycles. The van der Waals surface area contributed by atoms with E-state index in [1.54, 1.807) is 4.90 Å². The van der Waals surface area contributed by atoms with Gasteiger partial charge < -0.3 is 19.9 Å². The van der Waals surface area contributed by atoms with Crippen LogP contribution >= 0.6 is 0 Å². The average Bonchev–Trinajstić information content (AvgIpc) is 2.87. The number of amides is 2. The van der Waals surface area contributed by atoms with Gasteiger partial charge in [-0.15, -0.1) is 0 Å². The summed E-state index contributed by atoms with van der Waals surface area (Å²) in [5.41, 5.74) is 2.15. The predicted molar refractivity (Wildman–Crippen MR) is 89.3 cm³/mol. The number of nitrogens with one attached hydrogen (secondary N) is 1. The molecule has 6 heteroatoms. The van der Waals surface area contributed by atoms with E-state index in [1.807, 2.05) is 25.1 Å². The zero-order chi connectivity index (χ0) is 16.2. The van der Waals surface area contributed by atoms with Gasteiger partial charge in [0.1, 0.15) is 5.82 Å². The summed E-state index contributed by atoms with van der Waals surface area (Å²) in [6, 6.07) is 8.03. The van der Waals surface area contributed by atoms with Gasteiger partial charge in [0.25, 0.3) is 0 Å². The summed E-state index contributed by atoms with van der Waals surface area (Å²) in [6.45, 7) is 4.63. The molecule has 0 radical (unpaired) electrons.